The molecule has 1 aliphatic rings. The molecule has 8 heteroatoms. The number of hydrogen-bond donors (Lipinski definition) is 3. The molecule has 1 fully saturated rings. The molecule has 0 saturated carbocycles. The Hall–Kier alpha value is -1.38. The molecule has 7 nitrogen and oxygen atoms in total. The number of carbonyl (C=O) groups excluding carboxylic acids is 1. The van der Waals surface area contributed by atoms with Crippen LogP contribution in [0.5, 0.6) is 0 Å². The van der Waals surface area contributed by atoms with Crippen molar-refractivity contribution in [2.75, 3.05) is 37.4 Å². The molecule has 5 N–H and O–H groups in total. The number of hydrogen-bond acceptors (Lipinski definition) is 7. The molecule has 2 unspecified atom stereocenters. The number of thiazole rings is 1. The van der Waals surface area contributed by atoms with Crippen LogP contribution >= 0.6 is 11.3 Å². The van der Waals surface area contributed by atoms with Crippen LogP contribution in [0.2, 0.25) is 0 Å². The van der Waals surface area contributed by atoms with Crippen molar-refractivity contribution in [3.8, 4) is 0 Å². The van der Waals surface area contributed by atoms with Gasteiger partial charge in [0.1, 0.15) is 10.7 Å². The minimum atomic E-state index is -0.209. The Kier molecular flexibility index (Phi) is 4.79. The van der Waals surface area contributed by atoms with Crippen LogP contribution in [0.25, 0.3) is 0 Å². The summed E-state index contributed by atoms with van der Waals surface area (Å²) in [5, 5.41) is 3.60. The first kappa shape index (κ1) is 15.0. The highest BCUT2D eigenvalue weighted by molar-refractivity contribution is 7.18. The van der Waals surface area contributed by atoms with E-state index < -0.39 is 0 Å². The van der Waals surface area contributed by atoms with Gasteiger partial charge in [-0.3, -0.25) is 4.79 Å². The number of anilines is 2. The fourth-order valence-electron chi connectivity index (χ4n) is 2.16. The summed E-state index contributed by atoms with van der Waals surface area (Å²) in [6, 6.07) is 0.0942. The smallest absolute Gasteiger partial charge is 0.265 e. The summed E-state index contributed by atoms with van der Waals surface area (Å²) in [6.45, 7) is 3.95. The molecule has 0 radical (unpaired) electrons. The molecule has 0 bridgehead atoms. The molecule has 1 amide bonds. The fraction of sp³-hybridized carbons (Fsp3) is 0.667. The number of nitrogen functional groups attached to an aromatic ring is 1. The van der Waals surface area contributed by atoms with E-state index in [1.165, 1.54) is 11.3 Å². The van der Waals surface area contributed by atoms with Crippen molar-refractivity contribution in [3.05, 3.63) is 4.88 Å². The van der Waals surface area contributed by atoms with E-state index in [0.717, 1.165) is 24.6 Å². The molecule has 1 saturated heterocycles. The molecule has 2 heterocycles. The second-order valence-electron chi connectivity index (χ2n) is 5.04. The Morgan fingerprint density at radius 2 is 2.45 bits per heavy atom. The van der Waals surface area contributed by atoms with Gasteiger partial charge >= 0.3 is 0 Å². The monoisotopic (exact) mass is 299 g/mol. The molecule has 112 valence electrons. The molecule has 1 aromatic rings. The van der Waals surface area contributed by atoms with E-state index in [1.54, 1.807) is 7.11 Å². The number of amides is 1. The lowest BCUT2D eigenvalue weighted by atomic mass is 10.3. The van der Waals surface area contributed by atoms with Gasteiger partial charge in [0, 0.05) is 32.3 Å². The minimum Gasteiger partial charge on any atom is -0.383 e. The van der Waals surface area contributed by atoms with Gasteiger partial charge in [-0.05, 0) is 13.3 Å². The van der Waals surface area contributed by atoms with Crippen LogP contribution in [0.3, 0.4) is 0 Å². The standard InChI is InChI=1S/C12H21N5O2S/c1-7(6-19-2)15-11(18)9-10(14)16-12(20-9)17-4-3-8(13)5-17/h7-8H,3-6,13-14H2,1-2H3,(H,15,18). The average Bonchev–Trinajstić information content (AvgIpc) is 2.95. The molecule has 0 aliphatic carbocycles. The topological polar surface area (TPSA) is 106 Å². The Bertz CT molecular complexity index is 478. The molecular weight excluding hydrogens is 278 g/mol. The Labute approximate surface area is 122 Å². The Morgan fingerprint density at radius 3 is 3.05 bits per heavy atom. The van der Waals surface area contributed by atoms with Crippen LogP contribution in [0.4, 0.5) is 10.9 Å². The highest BCUT2D eigenvalue weighted by Gasteiger charge is 2.25. The minimum absolute atomic E-state index is 0.0716. The first-order valence-corrected chi connectivity index (χ1v) is 7.39. The normalized spacial score (nSPS) is 20.1. The predicted molar refractivity (Wildman–Crippen MR) is 80.1 cm³/mol. The number of aromatic nitrogens is 1. The van der Waals surface area contributed by atoms with Crippen LogP contribution < -0.4 is 21.7 Å². The van der Waals surface area contributed by atoms with Gasteiger partial charge in [0.2, 0.25) is 0 Å². The summed E-state index contributed by atoms with van der Waals surface area (Å²) in [5.74, 6) is 0.0619. The summed E-state index contributed by atoms with van der Waals surface area (Å²) in [6.07, 6.45) is 0.936. The van der Waals surface area contributed by atoms with Crippen LogP contribution in [0.15, 0.2) is 0 Å². The summed E-state index contributed by atoms with van der Waals surface area (Å²) in [4.78, 5) is 18.9. The summed E-state index contributed by atoms with van der Waals surface area (Å²) < 4.78 is 4.99. The van der Waals surface area contributed by atoms with Crippen molar-refractivity contribution in [2.24, 2.45) is 5.73 Å². The zero-order chi connectivity index (χ0) is 14.7. The Morgan fingerprint density at radius 1 is 1.70 bits per heavy atom. The van der Waals surface area contributed by atoms with E-state index in [0.29, 0.717) is 11.5 Å². The van der Waals surface area contributed by atoms with E-state index in [9.17, 15) is 4.79 Å². The number of nitrogens with zero attached hydrogens (tertiary/aromatic N) is 2. The number of methoxy groups -OCH3 is 1. The number of nitrogens with two attached hydrogens (primary N) is 2. The van der Waals surface area contributed by atoms with E-state index in [2.05, 4.69) is 15.2 Å². The van der Waals surface area contributed by atoms with Crippen LogP contribution in [-0.4, -0.2) is 49.8 Å². The molecule has 0 spiro atoms. The molecule has 1 aromatic heterocycles. The molecule has 0 aromatic carbocycles. The highest BCUT2D eigenvalue weighted by Crippen LogP contribution is 2.30. The predicted octanol–water partition coefficient (Wildman–Crippen LogP) is 0.0274. The third-order valence-electron chi connectivity index (χ3n) is 3.14. The zero-order valence-electron chi connectivity index (χ0n) is 11.8. The highest BCUT2D eigenvalue weighted by atomic mass is 32.1. The van der Waals surface area contributed by atoms with Crippen molar-refractivity contribution >= 4 is 28.2 Å². The van der Waals surface area contributed by atoms with Crippen molar-refractivity contribution in [1.82, 2.24) is 10.3 Å². The Balaban J connectivity index is 2.05. The van der Waals surface area contributed by atoms with E-state index in [-0.39, 0.29) is 23.8 Å². The van der Waals surface area contributed by atoms with Crippen molar-refractivity contribution in [3.63, 3.8) is 0 Å². The van der Waals surface area contributed by atoms with Crippen molar-refractivity contribution in [1.29, 1.82) is 0 Å². The number of ether oxygens (including phenoxy) is 1. The summed E-state index contributed by atoms with van der Waals surface area (Å²) in [5.41, 5.74) is 11.7. The van der Waals surface area contributed by atoms with Gasteiger partial charge in [-0.2, -0.15) is 0 Å². The van der Waals surface area contributed by atoms with Crippen LogP contribution in [0, 0.1) is 0 Å². The maximum Gasteiger partial charge on any atom is 0.265 e. The van der Waals surface area contributed by atoms with Gasteiger partial charge in [-0.15, -0.1) is 0 Å². The second kappa shape index (κ2) is 6.38. The maximum absolute atomic E-state index is 12.1. The van der Waals surface area contributed by atoms with Gasteiger partial charge in [0.15, 0.2) is 5.13 Å². The lowest BCUT2D eigenvalue weighted by Gasteiger charge is -2.13. The molecule has 2 rings (SSSR count). The molecule has 1 aliphatic heterocycles. The van der Waals surface area contributed by atoms with E-state index >= 15 is 0 Å². The fourth-order valence-corrected chi connectivity index (χ4v) is 3.08. The van der Waals surface area contributed by atoms with Gasteiger partial charge in [-0.1, -0.05) is 11.3 Å². The average molecular weight is 299 g/mol. The van der Waals surface area contributed by atoms with Crippen molar-refractivity contribution < 1.29 is 9.53 Å². The first-order valence-electron chi connectivity index (χ1n) is 6.58. The number of carbonyl (C=O) groups is 1. The van der Waals surface area contributed by atoms with Gasteiger partial charge in [0.25, 0.3) is 5.91 Å². The largest absolute Gasteiger partial charge is 0.383 e. The van der Waals surface area contributed by atoms with Crippen LogP contribution in [0.1, 0.15) is 23.0 Å². The van der Waals surface area contributed by atoms with Crippen LogP contribution in [-0.2, 0) is 4.74 Å². The maximum atomic E-state index is 12.1. The summed E-state index contributed by atoms with van der Waals surface area (Å²) >= 11 is 1.31. The zero-order valence-corrected chi connectivity index (χ0v) is 12.6. The number of nitrogens with one attached hydrogen (secondary N) is 1. The summed E-state index contributed by atoms with van der Waals surface area (Å²) in [7, 11) is 1.60. The molecular formula is C12H21N5O2S. The lowest BCUT2D eigenvalue weighted by molar-refractivity contribution is 0.0910. The van der Waals surface area contributed by atoms with Gasteiger partial charge in [0.05, 0.1) is 6.61 Å². The lowest BCUT2D eigenvalue weighted by Crippen LogP contribution is -2.35. The SMILES string of the molecule is COCC(C)NC(=O)c1sc(N2CCC(N)C2)nc1N. The quantitative estimate of drug-likeness (QED) is 0.708. The third-order valence-corrected chi connectivity index (χ3v) is 4.27. The molecule has 2 atom stereocenters. The van der Waals surface area contributed by atoms with Crippen molar-refractivity contribution in [2.45, 2.75) is 25.4 Å². The third kappa shape index (κ3) is 3.38. The van der Waals surface area contributed by atoms with Gasteiger partial charge in [-0.25, -0.2) is 4.98 Å². The van der Waals surface area contributed by atoms with Gasteiger partial charge < -0.3 is 26.4 Å². The number of rotatable bonds is 5. The second-order valence-corrected chi connectivity index (χ2v) is 6.01. The van der Waals surface area contributed by atoms with E-state index in [4.69, 9.17) is 16.2 Å². The van der Waals surface area contributed by atoms with E-state index in [1.807, 2.05) is 6.92 Å². The molecule has 20 heavy (non-hydrogen) atoms. The first-order chi connectivity index (χ1) is 9.51.